The number of H-pyrrole nitrogens is 2. The van der Waals surface area contributed by atoms with Gasteiger partial charge in [-0.25, -0.2) is 9.78 Å². The number of aromatic nitrogens is 4. The lowest BCUT2D eigenvalue weighted by Gasteiger charge is -2.36. The van der Waals surface area contributed by atoms with Crippen molar-refractivity contribution < 1.29 is 38.1 Å². The van der Waals surface area contributed by atoms with E-state index in [4.69, 9.17) is 28.9 Å². The Morgan fingerprint density at radius 2 is 1.46 bits per heavy atom. The average molecular weight is 868 g/mol. The number of halogens is 1. The number of aryl methyl sites for hydroxylation is 3. The molecule has 1 aliphatic carbocycles. The molecule has 0 amide bonds. The number of alkyl halides is 1. The third-order valence-corrected chi connectivity index (χ3v) is 12.3. The van der Waals surface area contributed by atoms with Gasteiger partial charge in [0.05, 0.1) is 62.2 Å². The number of unbranched alkanes of at least 4 members (excludes halogenated alkanes) is 2. The zero-order valence-corrected chi connectivity index (χ0v) is 36.5. The van der Waals surface area contributed by atoms with Crippen molar-refractivity contribution in [2.45, 2.75) is 78.1 Å². The van der Waals surface area contributed by atoms with Crippen LogP contribution in [0.15, 0.2) is 48.1 Å². The number of fused-ring (bicyclic) bond motifs is 11. The second-order valence-electron chi connectivity index (χ2n) is 15.1. The largest absolute Gasteiger partial charge is 0.469 e. The molecule has 0 saturated carbocycles. The molecule has 59 heavy (non-hydrogen) atoms. The normalized spacial score (nSPS) is 17.3. The number of methoxy groups -OCH3 is 4. The highest BCUT2D eigenvalue weighted by Crippen LogP contribution is 2.52. The first-order chi connectivity index (χ1) is 28.3. The fourth-order valence-corrected chi connectivity index (χ4v) is 8.69. The van der Waals surface area contributed by atoms with Gasteiger partial charge in [-0.1, -0.05) is 40.2 Å². The summed E-state index contributed by atoms with van der Waals surface area (Å²) < 4.78 is 20.6. The lowest BCUT2D eigenvalue weighted by atomic mass is 9.64. The molecule has 0 aromatic carbocycles. The van der Waals surface area contributed by atoms with E-state index in [1.54, 1.807) is 6.08 Å². The van der Waals surface area contributed by atoms with E-state index in [0.29, 0.717) is 41.2 Å². The summed E-state index contributed by atoms with van der Waals surface area (Å²) in [6.45, 7) is 7.96. The van der Waals surface area contributed by atoms with E-state index in [1.165, 1.54) is 28.4 Å². The number of esters is 4. The molecule has 13 heteroatoms. The summed E-state index contributed by atoms with van der Waals surface area (Å²) >= 11 is 3.53. The minimum Gasteiger partial charge on any atom is -0.469 e. The molecule has 3 aliphatic rings. The number of ether oxygens (including phenoxy) is 4. The van der Waals surface area contributed by atoms with E-state index < -0.39 is 23.3 Å². The van der Waals surface area contributed by atoms with Gasteiger partial charge < -0.3 is 28.9 Å². The van der Waals surface area contributed by atoms with E-state index in [2.05, 4.69) is 51.0 Å². The van der Waals surface area contributed by atoms with E-state index in [9.17, 15) is 19.2 Å². The number of allylic oxidation sites excluding steroid dienone is 6. The van der Waals surface area contributed by atoms with Gasteiger partial charge in [0, 0.05) is 45.8 Å². The molecule has 0 radical (unpaired) electrons. The molecule has 6 rings (SSSR count). The van der Waals surface area contributed by atoms with Crippen LogP contribution >= 0.6 is 15.9 Å². The van der Waals surface area contributed by atoms with Crippen LogP contribution in [0.2, 0.25) is 0 Å². The molecule has 2 atom stereocenters. The predicted octanol–water partition coefficient (Wildman–Crippen LogP) is 8.74. The van der Waals surface area contributed by atoms with Crippen LogP contribution in [-0.2, 0) is 50.0 Å². The first-order valence-electron chi connectivity index (χ1n) is 19.7. The Hall–Kier alpha value is -5.56. The summed E-state index contributed by atoms with van der Waals surface area (Å²) in [6.07, 6.45) is 11.8. The maximum absolute atomic E-state index is 13.9. The second-order valence-corrected chi connectivity index (χ2v) is 15.9. The molecule has 0 spiro atoms. The molecule has 2 aliphatic heterocycles. The standard InChI is InChI=1S/C46H51BrN4O8/c1-25-28(13-11-9-10-12-20-47)38-24-40-46(4)32(17-14-31(44(54)58-7)43(46)45(55)59-8)39(51-40)22-35-27(3)30(16-19-42(53)57-6)37(49-35)23-36-29(15-18-41(52)56-5)26(2)34(48-36)21-33(25)50-38/h11,13-14,17,21-24,43,48,50H,9-10,12,15-16,18-20H2,1-8H3/b13-11+,33-21?,34-21?,35-22?,36-23?,37-23?,38-24?,39-22?,40-24?. The van der Waals surface area contributed by atoms with E-state index in [0.717, 1.165) is 80.1 Å². The van der Waals surface area contributed by atoms with Crippen molar-refractivity contribution in [1.29, 1.82) is 0 Å². The SMILES string of the molecule is COC(=O)CCC1=C(C)c2cc3nc(cc4[nH]c(cc5[nH]c(cc1n2)c(CCC(=O)OC)c5C)c(C)c4/C=C/CCCCBr)C1(C)C3=CC=C(C(=O)OC)C1C(=O)OC. The van der Waals surface area contributed by atoms with Gasteiger partial charge in [-0.15, -0.1) is 0 Å². The van der Waals surface area contributed by atoms with Crippen LogP contribution in [-0.4, -0.2) is 77.6 Å². The number of carbonyl (C=O) groups excluding carboxylic acids is 4. The number of rotatable bonds is 13. The second kappa shape index (κ2) is 18.1. The van der Waals surface area contributed by atoms with Gasteiger partial charge >= 0.3 is 23.9 Å². The van der Waals surface area contributed by atoms with Crippen molar-refractivity contribution >= 4 is 84.7 Å². The van der Waals surface area contributed by atoms with E-state index in [1.807, 2.05) is 45.0 Å². The zero-order valence-electron chi connectivity index (χ0n) is 34.9. The lowest BCUT2D eigenvalue weighted by Crippen LogP contribution is -2.42. The Morgan fingerprint density at radius 3 is 2.14 bits per heavy atom. The van der Waals surface area contributed by atoms with Crippen LogP contribution in [0.25, 0.3) is 44.9 Å². The average Bonchev–Trinajstić information content (AvgIpc) is 3.89. The fraction of sp³-hybridized carbons (Fsp3) is 0.391. The Balaban J connectivity index is 1.75. The molecule has 310 valence electrons. The van der Waals surface area contributed by atoms with Crippen LogP contribution in [0.1, 0.15) is 97.4 Å². The van der Waals surface area contributed by atoms with Gasteiger partial charge in [-0.05, 0) is 117 Å². The van der Waals surface area contributed by atoms with Gasteiger partial charge in [0.2, 0.25) is 0 Å². The summed E-state index contributed by atoms with van der Waals surface area (Å²) in [4.78, 5) is 69.7. The molecular formula is C46H51BrN4O8. The number of nitrogens with one attached hydrogen (secondary N) is 2. The van der Waals surface area contributed by atoms with E-state index in [-0.39, 0.29) is 30.4 Å². The van der Waals surface area contributed by atoms with Gasteiger partial charge in [0.25, 0.3) is 0 Å². The molecule has 12 nitrogen and oxygen atoms in total. The van der Waals surface area contributed by atoms with Gasteiger partial charge in [-0.3, -0.25) is 19.4 Å². The highest BCUT2D eigenvalue weighted by molar-refractivity contribution is 9.09. The van der Waals surface area contributed by atoms with E-state index >= 15 is 0 Å². The van der Waals surface area contributed by atoms with Crippen molar-refractivity contribution in [1.82, 2.24) is 19.9 Å². The van der Waals surface area contributed by atoms with Gasteiger partial charge in [0.15, 0.2) is 0 Å². The molecule has 3 aromatic rings. The fourth-order valence-electron chi connectivity index (χ4n) is 8.29. The first-order valence-corrected chi connectivity index (χ1v) is 20.8. The Bertz CT molecular complexity index is 2500. The molecule has 3 aromatic heterocycles. The quantitative estimate of drug-likeness (QED) is 0.0735. The number of aromatic amines is 2. The van der Waals surface area contributed by atoms with Crippen LogP contribution in [0.3, 0.4) is 0 Å². The first kappa shape index (κ1) is 43.0. The third kappa shape index (κ3) is 8.35. The van der Waals surface area contributed by atoms with Crippen LogP contribution < -0.4 is 0 Å². The van der Waals surface area contributed by atoms with Gasteiger partial charge in [-0.2, -0.15) is 0 Å². The van der Waals surface area contributed by atoms with Crippen molar-refractivity contribution in [2.24, 2.45) is 5.92 Å². The number of hydrogen-bond donors (Lipinski definition) is 2. The van der Waals surface area contributed by atoms with Crippen molar-refractivity contribution in [3.63, 3.8) is 0 Å². The van der Waals surface area contributed by atoms with Crippen molar-refractivity contribution in [3.8, 4) is 0 Å². The van der Waals surface area contributed by atoms with Gasteiger partial charge in [0.1, 0.15) is 5.92 Å². The maximum atomic E-state index is 13.9. The third-order valence-electron chi connectivity index (χ3n) is 11.8. The molecule has 2 N–H and O–H groups in total. The molecule has 2 unspecified atom stereocenters. The highest BCUT2D eigenvalue weighted by atomic mass is 79.9. The number of carbonyl (C=O) groups is 4. The van der Waals surface area contributed by atoms with Crippen molar-refractivity contribution in [2.75, 3.05) is 33.8 Å². The predicted molar refractivity (Wildman–Crippen MR) is 232 cm³/mol. The molecular weight excluding hydrogens is 816 g/mol. The topological polar surface area (TPSA) is 163 Å². The summed E-state index contributed by atoms with van der Waals surface area (Å²) in [5.41, 5.74) is 10.9. The lowest BCUT2D eigenvalue weighted by molar-refractivity contribution is -0.149. The van der Waals surface area contributed by atoms with Crippen LogP contribution in [0.4, 0.5) is 0 Å². The molecule has 8 bridgehead atoms. The molecule has 0 saturated heterocycles. The highest BCUT2D eigenvalue weighted by Gasteiger charge is 2.53. The Kier molecular flexibility index (Phi) is 13.2. The minimum absolute atomic E-state index is 0.141. The minimum atomic E-state index is -1.16. The Labute approximate surface area is 352 Å². The molecule has 0 fully saturated rings. The van der Waals surface area contributed by atoms with Crippen molar-refractivity contribution in [3.05, 3.63) is 93.1 Å². The monoisotopic (exact) mass is 866 g/mol. The maximum Gasteiger partial charge on any atom is 0.334 e. The summed E-state index contributed by atoms with van der Waals surface area (Å²) in [5.74, 6) is -2.98. The molecule has 5 heterocycles. The van der Waals surface area contributed by atoms with Crippen LogP contribution in [0.5, 0.6) is 0 Å². The number of hydrogen-bond acceptors (Lipinski definition) is 10. The summed E-state index contributed by atoms with van der Waals surface area (Å²) in [6, 6.07) is 7.88. The van der Waals surface area contributed by atoms with Crippen LogP contribution in [0, 0.1) is 19.8 Å². The summed E-state index contributed by atoms with van der Waals surface area (Å²) in [7, 11) is 5.34. The Morgan fingerprint density at radius 1 is 0.763 bits per heavy atom. The summed E-state index contributed by atoms with van der Waals surface area (Å²) in [5, 5.41) is 0.933. The number of nitrogens with zero attached hydrogens (tertiary/aromatic N) is 2. The zero-order chi connectivity index (χ0) is 42.6. The smallest absolute Gasteiger partial charge is 0.334 e.